The molecule has 1 aliphatic rings. The van der Waals surface area contributed by atoms with Crippen molar-refractivity contribution in [3.63, 3.8) is 0 Å². The van der Waals surface area contributed by atoms with Crippen LogP contribution in [-0.2, 0) is 11.2 Å². The van der Waals surface area contributed by atoms with E-state index >= 15 is 0 Å². The van der Waals surface area contributed by atoms with Crippen LogP contribution in [0.2, 0.25) is 0 Å². The fourth-order valence-corrected chi connectivity index (χ4v) is 3.15. The summed E-state index contributed by atoms with van der Waals surface area (Å²) in [6, 6.07) is 9.44. The molecular weight excluding hydrogens is 272 g/mol. The lowest BCUT2D eigenvalue weighted by Gasteiger charge is -2.19. The lowest BCUT2D eigenvalue weighted by Crippen LogP contribution is -2.29. The minimum Gasteiger partial charge on any atom is -0.325 e. The summed E-state index contributed by atoms with van der Waals surface area (Å²) in [5.41, 5.74) is 2.64. The van der Waals surface area contributed by atoms with E-state index in [1.165, 1.54) is 18.3 Å². The van der Waals surface area contributed by atoms with Crippen LogP contribution in [0.5, 0.6) is 0 Å². The first-order chi connectivity index (χ1) is 9.66. The summed E-state index contributed by atoms with van der Waals surface area (Å²) in [6.07, 6.45) is 0.819. The van der Waals surface area contributed by atoms with Crippen molar-refractivity contribution >= 4 is 34.5 Å². The van der Waals surface area contributed by atoms with Crippen LogP contribution in [0.4, 0.5) is 11.4 Å². The van der Waals surface area contributed by atoms with Crippen molar-refractivity contribution in [1.29, 1.82) is 0 Å². The molecule has 0 saturated heterocycles. The maximum absolute atomic E-state index is 12.5. The third kappa shape index (κ3) is 2.20. The van der Waals surface area contributed by atoms with Crippen LogP contribution in [0.15, 0.2) is 35.7 Å². The predicted molar refractivity (Wildman–Crippen MR) is 80.4 cm³/mol. The third-order valence-corrected chi connectivity index (χ3v) is 4.14. The van der Waals surface area contributed by atoms with Gasteiger partial charge in [-0.15, -0.1) is 11.3 Å². The third-order valence-electron chi connectivity index (χ3n) is 3.28. The number of nitrogens with one attached hydrogen (secondary N) is 1. The van der Waals surface area contributed by atoms with Crippen molar-refractivity contribution in [2.75, 3.05) is 16.8 Å². The van der Waals surface area contributed by atoms with Crippen molar-refractivity contribution in [1.82, 2.24) is 0 Å². The zero-order valence-corrected chi connectivity index (χ0v) is 11.9. The zero-order valence-electron chi connectivity index (χ0n) is 11.1. The van der Waals surface area contributed by atoms with Gasteiger partial charge in [0.1, 0.15) is 0 Å². The molecule has 0 atom stereocenters. The first kappa shape index (κ1) is 12.9. The highest BCUT2D eigenvalue weighted by atomic mass is 32.1. The Bertz CT molecular complexity index is 665. The number of nitrogens with zero attached hydrogens (tertiary/aromatic N) is 1. The standard InChI is InChI=1S/C15H14N2O2S/c1-10(18)16-12-5-2-4-11-7-8-17(14(11)12)15(19)13-6-3-9-20-13/h2-6,9H,7-8H2,1H3,(H,16,18). The molecule has 0 bridgehead atoms. The molecule has 0 fully saturated rings. The van der Waals surface area contributed by atoms with Gasteiger partial charge in [0.2, 0.25) is 5.91 Å². The summed E-state index contributed by atoms with van der Waals surface area (Å²) in [5.74, 6) is -0.134. The van der Waals surface area contributed by atoms with Crippen LogP contribution in [0.25, 0.3) is 0 Å². The number of para-hydroxylation sites is 1. The van der Waals surface area contributed by atoms with E-state index in [1.54, 1.807) is 4.90 Å². The zero-order chi connectivity index (χ0) is 14.1. The van der Waals surface area contributed by atoms with Crippen molar-refractivity contribution < 1.29 is 9.59 Å². The molecule has 2 aromatic rings. The normalized spacial score (nSPS) is 13.2. The van der Waals surface area contributed by atoms with E-state index in [-0.39, 0.29) is 11.8 Å². The van der Waals surface area contributed by atoms with Gasteiger partial charge in [-0.25, -0.2) is 0 Å². The van der Waals surface area contributed by atoms with Crippen LogP contribution >= 0.6 is 11.3 Å². The van der Waals surface area contributed by atoms with E-state index in [1.807, 2.05) is 35.7 Å². The largest absolute Gasteiger partial charge is 0.325 e. The minimum atomic E-state index is -0.131. The predicted octanol–water partition coefficient (Wildman–Crippen LogP) is 2.91. The summed E-state index contributed by atoms with van der Waals surface area (Å²) in [4.78, 5) is 26.3. The first-order valence-electron chi connectivity index (χ1n) is 6.41. The Morgan fingerprint density at radius 3 is 2.80 bits per heavy atom. The molecule has 0 unspecified atom stereocenters. The van der Waals surface area contributed by atoms with Gasteiger partial charge < -0.3 is 10.2 Å². The molecule has 20 heavy (non-hydrogen) atoms. The Balaban J connectivity index is 2.00. The maximum atomic E-state index is 12.5. The molecule has 102 valence electrons. The van der Waals surface area contributed by atoms with E-state index in [9.17, 15) is 9.59 Å². The molecule has 2 heterocycles. The smallest absolute Gasteiger partial charge is 0.268 e. The first-order valence-corrected chi connectivity index (χ1v) is 7.29. The highest BCUT2D eigenvalue weighted by Crippen LogP contribution is 2.36. The van der Waals surface area contributed by atoms with Crippen LogP contribution in [0.1, 0.15) is 22.2 Å². The summed E-state index contributed by atoms with van der Waals surface area (Å²) in [6.45, 7) is 2.13. The second-order valence-electron chi connectivity index (χ2n) is 4.68. The van der Waals surface area contributed by atoms with Gasteiger partial charge in [0, 0.05) is 13.5 Å². The van der Waals surface area contributed by atoms with Crippen LogP contribution in [-0.4, -0.2) is 18.4 Å². The van der Waals surface area contributed by atoms with Gasteiger partial charge in [0.25, 0.3) is 5.91 Å². The van der Waals surface area contributed by atoms with E-state index < -0.39 is 0 Å². The van der Waals surface area contributed by atoms with Crippen LogP contribution in [0, 0.1) is 0 Å². The molecule has 5 heteroatoms. The highest BCUT2D eigenvalue weighted by molar-refractivity contribution is 7.12. The van der Waals surface area contributed by atoms with Gasteiger partial charge in [-0.1, -0.05) is 18.2 Å². The van der Waals surface area contributed by atoms with Gasteiger partial charge in [0.15, 0.2) is 0 Å². The van der Waals surface area contributed by atoms with Gasteiger partial charge in [-0.3, -0.25) is 9.59 Å². The lowest BCUT2D eigenvalue weighted by molar-refractivity contribution is -0.114. The van der Waals surface area contributed by atoms with Crippen LogP contribution in [0.3, 0.4) is 0 Å². The van der Waals surface area contributed by atoms with Gasteiger partial charge >= 0.3 is 0 Å². The quantitative estimate of drug-likeness (QED) is 0.922. The Labute approximate surface area is 121 Å². The Hall–Kier alpha value is -2.14. The van der Waals surface area contributed by atoms with Crippen molar-refractivity contribution in [3.8, 4) is 0 Å². The number of hydrogen-bond acceptors (Lipinski definition) is 3. The SMILES string of the molecule is CC(=O)Nc1cccc2c1N(C(=O)c1cccs1)CC2. The van der Waals surface area contributed by atoms with Gasteiger partial charge in [-0.2, -0.15) is 0 Å². The molecule has 2 amide bonds. The summed E-state index contributed by atoms with van der Waals surface area (Å²) < 4.78 is 0. The molecule has 0 saturated carbocycles. The minimum absolute atomic E-state index is 0.00319. The molecule has 0 radical (unpaired) electrons. The molecule has 4 nitrogen and oxygen atoms in total. The average Bonchev–Trinajstić information content (AvgIpc) is 3.07. The Kier molecular flexibility index (Phi) is 3.28. The van der Waals surface area contributed by atoms with Gasteiger partial charge in [-0.05, 0) is 29.5 Å². The number of benzene rings is 1. The molecule has 0 spiro atoms. The number of thiophene rings is 1. The fraction of sp³-hybridized carbons (Fsp3) is 0.200. The Morgan fingerprint density at radius 1 is 1.25 bits per heavy atom. The van der Waals surface area contributed by atoms with Crippen molar-refractivity contribution in [2.45, 2.75) is 13.3 Å². The lowest BCUT2D eigenvalue weighted by atomic mass is 10.1. The number of carbonyl (C=O) groups excluding carboxylic acids is 2. The topological polar surface area (TPSA) is 49.4 Å². The molecule has 1 aromatic carbocycles. The summed E-state index contributed by atoms with van der Waals surface area (Å²) in [5, 5.41) is 4.70. The van der Waals surface area contributed by atoms with E-state index in [2.05, 4.69) is 5.32 Å². The van der Waals surface area contributed by atoms with Gasteiger partial charge in [0.05, 0.1) is 16.3 Å². The van der Waals surface area contributed by atoms with Crippen molar-refractivity contribution in [2.24, 2.45) is 0 Å². The highest BCUT2D eigenvalue weighted by Gasteiger charge is 2.28. The number of rotatable bonds is 2. The maximum Gasteiger partial charge on any atom is 0.268 e. The number of anilines is 2. The Morgan fingerprint density at radius 2 is 2.10 bits per heavy atom. The van der Waals surface area contributed by atoms with Crippen molar-refractivity contribution in [3.05, 3.63) is 46.2 Å². The average molecular weight is 286 g/mol. The number of amides is 2. The van der Waals surface area contributed by atoms with E-state index in [0.717, 1.165) is 22.5 Å². The van der Waals surface area contributed by atoms with E-state index in [4.69, 9.17) is 0 Å². The summed E-state index contributed by atoms with van der Waals surface area (Å²) in [7, 11) is 0. The number of fused-ring (bicyclic) bond motifs is 1. The van der Waals surface area contributed by atoms with E-state index in [0.29, 0.717) is 12.2 Å². The second kappa shape index (κ2) is 5.09. The fourth-order valence-electron chi connectivity index (χ4n) is 2.48. The van der Waals surface area contributed by atoms with Crippen LogP contribution < -0.4 is 10.2 Å². The second-order valence-corrected chi connectivity index (χ2v) is 5.63. The number of hydrogen-bond donors (Lipinski definition) is 1. The monoisotopic (exact) mass is 286 g/mol. The molecule has 1 aromatic heterocycles. The molecule has 0 aliphatic carbocycles. The molecular formula is C15H14N2O2S. The molecule has 1 aliphatic heterocycles. The summed E-state index contributed by atoms with van der Waals surface area (Å²) >= 11 is 1.43. The molecule has 3 rings (SSSR count). The molecule has 1 N–H and O–H groups in total. The number of carbonyl (C=O) groups is 2.